The van der Waals surface area contributed by atoms with Gasteiger partial charge in [0, 0.05) is 36.7 Å². The summed E-state index contributed by atoms with van der Waals surface area (Å²) in [7, 11) is 4.09. The second-order valence-electron chi connectivity index (χ2n) is 10.9. The molecule has 1 aromatic carbocycles. The molecule has 38 heavy (non-hydrogen) atoms. The highest BCUT2D eigenvalue weighted by Crippen LogP contribution is 2.40. The van der Waals surface area contributed by atoms with Gasteiger partial charge in [-0.2, -0.15) is 10.1 Å². The van der Waals surface area contributed by atoms with Gasteiger partial charge in [-0.15, -0.1) is 0 Å². The van der Waals surface area contributed by atoms with E-state index in [-0.39, 0.29) is 5.54 Å². The van der Waals surface area contributed by atoms with Crippen LogP contribution in [0, 0.1) is 24.3 Å². The zero-order valence-electron chi connectivity index (χ0n) is 22.9. The van der Waals surface area contributed by atoms with Crippen LogP contribution in [0.5, 0.6) is 0 Å². The van der Waals surface area contributed by atoms with Crippen molar-refractivity contribution >= 4 is 51.8 Å². The number of nitrogens with zero attached hydrogens (tertiary/aromatic N) is 5. The summed E-state index contributed by atoms with van der Waals surface area (Å²) in [5.74, 6) is 2.76. The number of carbonyl (C=O) groups excluding carboxylic acids is 1. The summed E-state index contributed by atoms with van der Waals surface area (Å²) in [6.45, 7) is 7.93. The number of likely N-dealkylation sites (N-methyl/N-ethyl adjacent to an activating group) is 1. The van der Waals surface area contributed by atoms with Gasteiger partial charge in [0.25, 0.3) is 0 Å². The fourth-order valence-electron chi connectivity index (χ4n) is 5.70. The Morgan fingerprint density at radius 3 is 2.45 bits per heavy atom. The standard InChI is InChI=1S/C28H37IN8O/c1-17-14-23(31-27-30-16-22(29)25(33-27)32-24-15-19(3)34-35-24)18(2)13-21(17)20-7-11-37(12-8-20)26(38)28(36(4)5)9-6-10-28/h13-16,20H,6-12H2,1-5H3,(H3,30,31,32,33,34,35). The van der Waals surface area contributed by atoms with Crippen molar-refractivity contribution < 1.29 is 4.79 Å². The Kier molecular flexibility index (Phi) is 7.63. The summed E-state index contributed by atoms with van der Waals surface area (Å²) in [5, 5.41) is 13.9. The van der Waals surface area contributed by atoms with Crippen LogP contribution in [-0.4, -0.2) is 68.6 Å². The van der Waals surface area contributed by atoms with Gasteiger partial charge in [0.15, 0.2) is 11.6 Å². The Labute approximate surface area is 238 Å². The van der Waals surface area contributed by atoms with E-state index in [1.165, 1.54) is 11.1 Å². The summed E-state index contributed by atoms with van der Waals surface area (Å²) in [4.78, 5) is 26.8. The van der Waals surface area contributed by atoms with Crippen LogP contribution < -0.4 is 10.6 Å². The number of H-pyrrole nitrogens is 1. The van der Waals surface area contributed by atoms with E-state index < -0.39 is 0 Å². The van der Waals surface area contributed by atoms with E-state index in [9.17, 15) is 4.79 Å². The summed E-state index contributed by atoms with van der Waals surface area (Å²) in [5.41, 5.74) is 5.50. The van der Waals surface area contributed by atoms with Crippen molar-refractivity contribution in [3.63, 3.8) is 0 Å². The molecule has 0 spiro atoms. The van der Waals surface area contributed by atoms with Crippen LogP contribution in [0.4, 0.5) is 23.3 Å². The van der Waals surface area contributed by atoms with Crippen molar-refractivity contribution in [1.82, 2.24) is 30.0 Å². The monoisotopic (exact) mass is 628 g/mol. The first-order chi connectivity index (χ1) is 18.2. The maximum absolute atomic E-state index is 13.3. The topological polar surface area (TPSA) is 102 Å². The number of rotatable bonds is 7. The first kappa shape index (κ1) is 26.9. The molecule has 1 saturated heterocycles. The molecule has 3 aromatic rings. The molecule has 0 bridgehead atoms. The maximum atomic E-state index is 13.3. The Hall–Kier alpha value is -2.73. The van der Waals surface area contributed by atoms with Crippen LogP contribution in [0.3, 0.4) is 0 Å². The lowest BCUT2D eigenvalue weighted by atomic mass is 9.74. The minimum absolute atomic E-state index is 0.267. The average Bonchev–Trinajstić information content (AvgIpc) is 3.27. The highest BCUT2D eigenvalue weighted by Gasteiger charge is 2.48. The Balaban J connectivity index is 1.26. The van der Waals surface area contributed by atoms with Gasteiger partial charge in [-0.05, 0) is 118 Å². The molecule has 0 unspecified atom stereocenters. The number of hydrogen-bond donors (Lipinski definition) is 3. The molecule has 10 heteroatoms. The fourth-order valence-corrected chi connectivity index (χ4v) is 6.10. The van der Waals surface area contributed by atoms with E-state index >= 15 is 0 Å². The smallest absolute Gasteiger partial charge is 0.243 e. The van der Waals surface area contributed by atoms with E-state index in [0.717, 1.165) is 71.5 Å². The quantitative estimate of drug-likeness (QED) is 0.301. The molecular formula is C28H37IN8O. The molecule has 5 rings (SSSR count). The van der Waals surface area contributed by atoms with Gasteiger partial charge in [-0.25, -0.2) is 4.98 Å². The molecule has 1 aliphatic heterocycles. The minimum atomic E-state index is -0.267. The second kappa shape index (κ2) is 10.8. The van der Waals surface area contributed by atoms with Gasteiger partial charge in [0.2, 0.25) is 11.9 Å². The molecule has 1 aliphatic carbocycles. The molecule has 1 amide bonds. The Morgan fingerprint density at radius 2 is 1.84 bits per heavy atom. The summed E-state index contributed by atoms with van der Waals surface area (Å²) < 4.78 is 0.913. The first-order valence-corrected chi connectivity index (χ1v) is 14.4. The van der Waals surface area contributed by atoms with Crippen LogP contribution in [0.15, 0.2) is 24.4 Å². The van der Waals surface area contributed by atoms with Crippen molar-refractivity contribution in [3.05, 3.63) is 50.4 Å². The molecule has 3 N–H and O–H groups in total. The van der Waals surface area contributed by atoms with Crippen LogP contribution in [0.25, 0.3) is 0 Å². The molecule has 0 atom stereocenters. The number of nitrogens with one attached hydrogen (secondary N) is 3. The normalized spacial score (nSPS) is 17.4. The lowest BCUT2D eigenvalue weighted by Crippen LogP contribution is -2.62. The zero-order valence-corrected chi connectivity index (χ0v) is 25.0. The first-order valence-electron chi connectivity index (χ1n) is 13.3. The molecule has 9 nitrogen and oxygen atoms in total. The molecule has 2 fully saturated rings. The van der Waals surface area contributed by atoms with Gasteiger partial charge in [0.05, 0.1) is 3.57 Å². The Bertz CT molecular complexity index is 1320. The number of hydrogen-bond acceptors (Lipinski definition) is 7. The third kappa shape index (κ3) is 5.25. The number of carbonyl (C=O) groups is 1. The lowest BCUT2D eigenvalue weighted by molar-refractivity contribution is -0.150. The lowest BCUT2D eigenvalue weighted by Gasteiger charge is -2.49. The summed E-state index contributed by atoms with van der Waals surface area (Å²) >= 11 is 2.22. The average molecular weight is 629 g/mol. The third-order valence-corrected chi connectivity index (χ3v) is 9.00. The number of piperidine rings is 1. The fraction of sp³-hybridized carbons (Fsp3) is 0.500. The molecule has 2 aromatic heterocycles. The predicted octanol–water partition coefficient (Wildman–Crippen LogP) is 5.41. The SMILES string of the molecule is Cc1cc(Nc2nc(Nc3cc(C)c(C4CCN(C(=O)C5(N(C)C)CCC5)CC4)cc3C)ncc2I)n[nH]1. The van der Waals surface area contributed by atoms with Crippen LogP contribution >= 0.6 is 22.6 Å². The van der Waals surface area contributed by atoms with Gasteiger partial charge >= 0.3 is 0 Å². The van der Waals surface area contributed by atoms with E-state index in [1.807, 2.05) is 27.1 Å². The van der Waals surface area contributed by atoms with E-state index in [2.05, 4.69) is 89.2 Å². The van der Waals surface area contributed by atoms with Crippen LogP contribution in [0.1, 0.15) is 60.4 Å². The zero-order chi connectivity index (χ0) is 27.0. The van der Waals surface area contributed by atoms with E-state index in [4.69, 9.17) is 0 Å². The number of aromatic amines is 1. The number of aryl methyl sites for hydroxylation is 3. The number of aromatic nitrogens is 4. The molecule has 3 heterocycles. The highest BCUT2D eigenvalue weighted by atomic mass is 127. The number of amides is 1. The van der Waals surface area contributed by atoms with E-state index in [0.29, 0.717) is 23.6 Å². The summed E-state index contributed by atoms with van der Waals surface area (Å²) in [6, 6.07) is 6.43. The second-order valence-corrected chi connectivity index (χ2v) is 12.1. The number of benzene rings is 1. The Morgan fingerprint density at radius 1 is 1.11 bits per heavy atom. The predicted molar refractivity (Wildman–Crippen MR) is 159 cm³/mol. The molecule has 0 radical (unpaired) electrons. The number of halogens is 1. The largest absolute Gasteiger partial charge is 0.341 e. The van der Waals surface area contributed by atoms with Gasteiger partial charge in [0.1, 0.15) is 5.54 Å². The van der Waals surface area contributed by atoms with Gasteiger partial charge in [-0.3, -0.25) is 14.8 Å². The molecule has 202 valence electrons. The van der Waals surface area contributed by atoms with Crippen molar-refractivity contribution in [2.75, 3.05) is 37.8 Å². The summed E-state index contributed by atoms with van der Waals surface area (Å²) in [6.07, 6.45) is 6.92. The molecule has 2 aliphatic rings. The van der Waals surface area contributed by atoms with Crippen LogP contribution in [0.2, 0.25) is 0 Å². The molecular weight excluding hydrogens is 591 g/mol. The number of likely N-dealkylation sites (tertiary alicyclic amines) is 1. The molecule has 1 saturated carbocycles. The minimum Gasteiger partial charge on any atom is -0.341 e. The van der Waals surface area contributed by atoms with Crippen molar-refractivity contribution in [3.8, 4) is 0 Å². The number of anilines is 4. The van der Waals surface area contributed by atoms with Crippen molar-refractivity contribution in [1.29, 1.82) is 0 Å². The van der Waals surface area contributed by atoms with Crippen molar-refractivity contribution in [2.24, 2.45) is 0 Å². The van der Waals surface area contributed by atoms with Gasteiger partial charge < -0.3 is 15.5 Å². The van der Waals surface area contributed by atoms with E-state index in [1.54, 1.807) is 6.20 Å². The third-order valence-electron chi connectivity index (χ3n) is 8.21. The maximum Gasteiger partial charge on any atom is 0.243 e. The van der Waals surface area contributed by atoms with Crippen LogP contribution in [-0.2, 0) is 4.79 Å². The highest BCUT2D eigenvalue weighted by molar-refractivity contribution is 14.1. The van der Waals surface area contributed by atoms with Gasteiger partial charge in [-0.1, -0.05) is 6.07 Å². The van der Waals surface area contributed by atoms with Crippen molar-refractivity contribution in [2.45, 2.75) is 64.3 Å².